The Bertz CT molecular complexity index is 879. The molecule has 0 atom stereocenters. The van der Waals surface area contributed by atoms with Crippen LogP contribution in [0.4, 0.5) is 18.9 Å². The summed E-state index contributed by atoms with van der Waals surface area (Å²) in [6, 6.07) is 10.5. The number of amides is 1. The monoisotopic (exact) mass is 454 g/mol. The first kappa shape index (κ1) is 23.3. The first-order valence-electron chi connectivity index (χ1n) is 10.4. The molecule has 1 saturated carbocycles. The molecular formula is C23H26ClF3N2O2. The highest BCUT2D eigenvalue weighted by Gasteiger charge is 2.32. The van der Waals surface area contributed by atoms with E-state index >= 15 is 0 Å². The minimum absolute atomic E-state index is 0.0127. The number of nitrogens with one attached hydrogen (secondary N) is 2. The minimum Gasteiger partial charge on any atom is -0.494 e. The van der Waals surface area contributed by atoms with E-state index in [2.05, 4.69) is 10.6 Å². The van der Waals surface area contributed by atoms with Gasteiger partial charge < -0.3 is 15.4 Å². The van der Waals surface area contributed by atoms with E-state index in [9.17, 15) is 18.0 Å². The lowest BCUT2D eigenvalue weighted by Crippen LogP contribution is -2.38. The standard InChI is InChI=1S/C23H26ClF3N2O2/c1-2-31-19-10-8-17(9-11-19)28-14-15-3-6-18(7-4-15)29-22(30)20-13-16(23(25,26)27)5-12-21(20)24/h5,8-13,15,18,28H,2-4,6-7,14H2,1H3,(H,29,30). The maximum absolute atomic E-state index is 12.9. The molecule has 2 N–H and O–H groups in total. The molecule has 2 aromatic rings. The van der Waals surface area contributed by atoms with Gasteiger partial charge in [0, 0.05) is 18.3 Å². The van der Waals surface area contributed by atoms with Crippen LogP contribution in [0, 0.1) is 5.92 Å². The molecular weight excluding hydrogens is 429 g/mol. The largest absolute Gasteiger partial charge is 0.494 e. The van der Waals surface area contributed by atoms with Gasteiger partial charge in [-0.25, -0.2) is 0 Å². The molecule has 0 saturated heterocycles. The molecule has 1 amide bonds. The second-order valence-corrected chi connectivity index (χ2v) is 8.13. The zero-order chi connectivity index (χ0) is 22.4. The molecule has 0 radical (unpaired) electrons. The average Bonchev–Trinajstić information content (AvgIpc) is 2.74. The van der Waals surface area contributed by atoms with Crippen LogP contribution in [-0.4, -0.2) is 25.1 Å². The molecule has 0 aromatic heterocycles. The van der Waals surface area contributed by atoms with E-state index in [1.165, 1.54) is 0 Å². The summed E-state index contributed by atoms with van der Waals surface area (Å²) in [5, 5.41) is 6.28. The van der Waals surface area contributed by atoms with Crippen LogP contribution >= 0.6 is 11.6 Å². The molecule has 1 aliphatic carbocycles. The first-order valence-corrected chi connectivity index (χ1v) is 10.8. The van der Waals surface area contributed by atoms with Crippen LogP contribution in [0.5, 0.6) is 5.75 Å². The van der Waals surface area contributed by atoms with Gasteiger partial charge in [-0.2, -0.15) is 13.2 Å². The van der Waals surface area contributed by atoms with Gasteiger partial charge in [-0.1, -0.05) is 11.6 Å². The quantitative estimate of drug-likeness (QED) is 0.527. The van der Waals surface area contributed by atoms with Crippen LogP contribution in [0.3, 0.4) is 0 Å². The van der Waals surface area contributed by atoms with Gasteiger partial charge in [0.05, 0.1) is 22.8 Å². The topological polar surface area (TPSA) is 50.4 Å². The van der Waals surface area contributed by atoms with E-state index in [1.54, 1.807) is 0 Å². The van der Waals surface area contributed by atoms with E-state index in [1.807, 2.05) is 31.2 Å². The Labute approximate surface area is 185 Å². The number of carbonyl (C=O) groups is 1. The van der Waals surface area contributed by atoms with Crippen molar-refractivity contribution in [2.24, 2.45) is 5.92 Å². The summed E-state index contributed by atoms with van der Waals surface area (Å²) in [5.74, 6) is 0.745. The molecule has 8 heteroatoms. The van der Waals surface area contributed by atoms with Crippen molar-refractivity contribution in [3.05, 3.63) is 58.6 Å². The normalized spacial score (nSPS) is 19.0. The summed E-state index contributed by atoms with van der Waals surface area (Å²) in [6.45, 7) is 3.40. The third-order valence-electron chi connectivity index (χ3n) is 5.48. The lowest BCUT2D eigenvalue weighted by Gasteiger charge is -2.29. The van der Waals surface area contributed by atoms with Crippen molar-refractivity contribution in [1.82, 2.24) is 5.32 Å². The van der Waals surface area contributed by atoms with Crippen molar-refractivity contribution in [1.29, 1.82) is 0 Å². The maximum Gasteiger partial charge on any atom is 0.416 e. The summed E-state index contributed by atoms with van der Waals surface area (Å²) < 4.78 is 44.2. The van der Waals surface area contributed by atoms with E-state index in [-0.39, 0.29) is 16.6 Å². The number of halogens is 4. The molecule has 0 aliphatic heterocycles. The van der Waals surface area contributed by atoms with Crippen molar-refractivity contribution >= 4 is 23.2 Å². The second-order valence-electron chi connectivity index (χ2n) is 7.72. The average molecular weight is 455 g/mol. The Kier molecular flexibility index (Phi) is 7.70. The van der Waals surface area contributed by atoms with Crippen LogP contribution in [0.15, 0.2) is 42.5 Å². The Balaban J connectivity index is 1.47. The number of ether oxygens (including phenoxy) is 1. The Morgan fingerprint density at radius 3 is 2.39 bits per heavy atom. The lowest BCUT2D eigenvalue weighted by atomic mass is 9.86. The summed E-state index contributed by atoms with van der Waals surface area (Å²) in [6.07, 6.45) is -1.12. The van der Waals surface area contributed by atoms with Gasteiger partial charge >= 0.3 is 6.18 Å². The molecule has 0 spiro atoms. The molecule has 1 aliphatic rings. The Morgan fingerprint density at radius 1 is 1.10 bits per heavy atom. The fourth-order valence-corrected chi connectivity index (χ4v) is 3.95. The molecule has 3 rings (SSSR count). The molecule has 0 heterocycles. The highest BCUT2D eigenvalue weighted by Crippen LogP contribution is 2.32. The van der Waals surface area contributed by atoms with Crippen LogP contribution in [0.25, 0.3) is 0 Å². The zero-order valence-electron chi connectivity index (χ0n) is 17.3. The van der Waals surface area contributed by atoms with Crippen molar-refractivity contribution in [3.8, 4) is 5.75 Å². The number of anilines is 1. The summed E-state index contributed by atoms with van der Waals surface area (Å²) >= 11 is 5.96. The molecule has 0 bridgehead atoms. The predicted octanol–water partition coefficient (Wildman–Crippen LogP) is 6.16. The fourth-order valence-electron chi connectivity index (χ4n) is 3.75. The second kappa shape index (κ2) is 10.3. The third-order valence-corrected chi connectivity index (χ3v) is 5.81. The van der Waals surface area contributed by atoms with Gasteiger partial charge in [-0.15, -0.1) is 0 Å². The predicted molar refractivity (Wildman–Crippen MR) is 116 cm³/mol. The number of hydrogen-bond acceptors (Lipinski definition) is 3. The number of rotatable bonds is 7. The number of hydrogen-bond donors (Lipinski definition) is 2. The van der Waals surface area contributed by atoms with Crippen molar-refractivity contribution in [3.63, 3.8) is 0 Å². The van der Waals surface area contributed by atoms with Crippen LogP contribution in [0.1, 0.15) is 48.5 Å². The number of carbonyl (C=O) groups excluding carboxylic acids is 1. The molecule has 168 valence electrons. The van der Waals surface area contributed by atoms with Crippen LogP contribution < -0.4 is 15.4 Å². The lowest BCUT2D eigenvalue weighted by molar-refractivity contribution is -0.137. The molecule has 31 heavy (non-hydrogen) atoms. The van der Waals surface area contributed by atoms with Crippen molar-refractivity contribution < 1.29 is 22.7 Å². The van der Waals surface area contributed by atoms with Gasteiger partial charge in [0.15, 0.2) is 0 Å². The molecule has 0 unspecified atom stereocenters. The smallest absolute Gasteiger partial charge is 0.416 e. The summed E-state index contributed by atoms with van der Waals surface area (Å²) in [5.41, 5.74) is -0.0000270. The van der Waals surface area contributed by atoms with Gasteiger partial charge in [0.1, 0.15) is 5.75 Å². The summed E-state index contributed by atoms with van der Waals surface area (Å²) in [7, 11) is 0. The molecule has 4 nitrogen and oxygen atoms in total. The number of benzene rings is 2. The highest BCUT2D eigenvalue weighted by molar-refractivity contribution is 6.33. The third kappa shape index (κ3) is 6.53. The van der Waals surface area contributed by atoms with Gasteiger partial charge in [0.25, 0.3) is 5.91 Å². The molecule has 2 aromatic carbocycles. The molecule has 1 fully saturated rings. The zero-order valence-corrected chi connectivity index (χ0v) is 18.0. The minimum atomic E-state index is -4.52. The van der Waals surface area contributed by atoms with Gasteiger partial charge in [0.2, 0.25) is 0 Å². The van der Waals surface area contributed by atoms with Gasteiger partial charge in [-0.05, 0) is 81.0 Å². The van der Waals surface area contributed by atoms with Crippen molar-refractivity contribution in [2.45, 2.75) is 44.8 Å². The summed E-state index contributed by atoms with van der Waals surface area (Å²) in [4.78, 5) is 12.5. The van der Waals surface area contributed by atoms with E-state index in [0.29, 0.717) is 12.5 Å². The van der Waals surface area contributed by atoms with E-state index in [4.69, 9.17) is 16.3 Å². The first-order chi connectivity index (χ1) is 14.8. The van der Waals surface area contributed by atoms with E-state index in [0.717, 1.165) is 61.9 Å². The highest BCUT2D eigenvalue weighted by atomic mass is 35.5. The van der Waals surface area contributed by atoms with Crippen LogP contribution in [0.2, 0.25) is 5.02 Å². The van der Waals surface area contributed by atoms with Crippen molar-refractivity contribution in [2.75, 3.05) is 18.5 Å². The maximum atomic E-state index is 12.9. The SMILES string of the molecule is CCOc1ccc(NCC2CCC(NC(=O)c3cc(C(F)(F)F)ccc3Cl)CC2)cc1. The van der Waals surface area contributed by atoms with E-state index < -0.39 is 17.6 Å². The van der Waals surface area contributed by atoms with Gasteiger partial charge in [-0.3, -0.25) is 4.79 Å². The van der Waals surface area contributed by atoms with Crippen LogP contribution in [-0.2, 0) is 6.18 Å². The Hall–Kier alpha value is -2.41. The number of alkyl halides is 3. The Morgan fingerprint density at radius 2 is 1.77 bits per heavy atom. The fraction of sp³-hybridized carbons (Fsp3) is 0.435.